The number of aromatic nitrogens is 3. The van der Waals surface area contributed by atoms with Crippen LogP contribution in [0.5, 0.6) is 0 Å². The van der Waals surface area contributed by atoms with Crippen LogP contribution in [0, 0.1) is 25.6 Å². The minimum Gasteiger partial charge on any atom is -0.378 e. The van der Waals surface area contributed by atoms with Gasteiger partial charge in [-0.2, -0.15) is 13.2 Å². The first-order chi connectivity index (χ1) is 19.1. The molecule has 2 saturated heterocycles. The van der Waals surface area contributed by atoms with E-state index in [1.165, 1.54) is 12.1 Å². The van der Waals surface area contributed by atoms with E-state index in [9.17, 15) is 22.4 Å². The number of nitrogens with one attached hydrogen (secondary N) is 1. The Bertz CT molecular complexity index is 1350. The summed E-state index contributed by atoms with van der Waals surface area (Å²) >= 11 is 0.774. The molecule has 1 N–H and O–H groups in total. The van der Waals surface area contributed by atoms with E-state index in [0.29, 0.717) is 45.1 Å². The molecule has 0 unspecified atom stereocenters. The van der Waals surface area contributed by atoms with Crippen molar-refractivity contribution in [1.29, 1.82) is 0 Å². The monoisotopic (exact) mass is 578 g/mol. The van der Waals surface area contributed by atoms with Gasteiger partial charge in [0.2, 0.25) is 0 Å². The lowest BCUT2D eigenvalue weighted by atomic mass is 9.96. The van der Waals surface area contributed by atoms with Gasteiger partial charge in [0.15, 0.2) is 16.6 Å². The van der Waals surface area contributed by atoms with Crippen molar-refractivity contribution in [1.82, 2.24) is 20.5 Å². The predicted molar refractivity (Wildman–Crippen MR) is 144 cm³/mol. The highest BCUT2D eigenvalue weighted by molar-refractivity contribution is 7.17. The van der Waals surface area contributed by atoms with Crippen LogP contribution in [0.15, 0.2) is 24.3 Å². The molecule has 214 valence electrons. The van der Waals surface area contributed by atoms with Gasteiger partial charge >= 0.3 is 6.18 Å². The van der Waals surface area contributed by atoms with Crippen molar-refractivity contribution in [3.63, 3.8) is 0 Å². The molecule has 2 fully saturated rings. The lowest BCUT2D eigenvalue weighted by Crippen LogP contribution is -2.39. The quantitative estimate of drug-likeness (QED) is 0.419. The summed E-state index contributed by atoms with van der Waals surface area (Å²) in [7, 11) is 0. The number of piperidine rings is 1. The van der Waals surface area contributed by atoms with Crippen molar-refractivity contribution in [2.45, 2.75) is 32.9 Å². The van der Waals surface area contributed by atoms with Gasteiger partial charge in [0.05, 0.1) is 18.9 Å². The van der Waals surface area contributed by atoms with Gasteiger partial charge in [-0.1, -0.05) is 11.3 Å². The average Bonchev–Trinajstić information content (AvgIpc) is 3.42. The molecule has 2 aromatic heterocycles. The number of carbonyl (C=O) groups excluding carboxylic acids is 1. The van der Waals surface area contributed by atoms with Crippen LogP contribution in [-0.2, 0) is 10.9 Å². The summed E-state index contributed by atoms with van der Waals surface area (Å²) in [6.07, 6.45) is -3.23. The molecule has 40 heavy (non-hydrogen) atoms. The van der Waals surface area contributed by atoms with Crippen LogP contribution in [0.3, 0.4) is 0 Å². The van der Waals surface area contributed by atoms with Crippen LogP contribution < -0.4 is 15.1 Å². The number of nitrogens with zero attached hydrogens (tertiary/aromatic N) is 5. The summed E-state index contributed by atoms with van der Waals surface area (Å²) in [5.41, 5.74) is 2.31. The molecule has 0 bridgehead atoms. The zero-order valence-corrected chi connectivity index (χ0v) is 23.0. The Morgan fingerprint density at radius 1 is 1.02 bits per heavy atom. The van der Waals surface area contributed by atoms with E-state index in [4.69, 9.17) is 4.74 Å². The number of benzene rings is 1. The van der Waals surface area contributed by atoms with Gasteiger partial charge < -0.3 is 19.9 Å². The first-order valence-electron chi connectivity index (χ1n) is 13.2. The maximum absolute atomic E-state index is 13.7. The second-order valence-corrected chi connectivity index (χ2v) is 11.0. The number of halogens is 4. The van der Waals surface area contributed by atoms with Crippen molar-refractivity contribution in [3.05, 3.63) is 51.8 Å². The molecule has 8 nitrogen and oxygen atoms in total. The second kappa shape index (κ2) is 11.7. The molecule has 4 heterocycles. The van der Waals surface area contributed by atoms with Gasteiger partial charge in [-0.3, -0.25) is 4.79 Å². The minimum atomic E-state index is -4.72. The Morgan fingerprint density at radius 3 is 2.35 bits per heavy atom. The number of hydrogen-bond donors (Lipinski definition) is 1. The molecule has 0 aliphatic carbocycles. The van der Waals surface area contributed by atoms with E-state index in [2.05, 4.69) is 25.4 Å². The Morgan fingerprint density at radius 2 is 1.70 bits per heavy atom. The lowest BCUT2D eigenvalue weighted by molar-refractivity contribution is -0.141. The molecule has 0 spiro atoms. The maximum atomic E-state index is 13.7. The fraction of sp³-hybridized carbons (Fsp3) is 0.481. The number of morpholine rings is 1. The van der Waals surface area contributed by atoms with E-state index in [1.54, 1.807) is 17.0 Å². The van der Waals surface area contributed by atoms with Gasteiger partial charge in [-0.15, -0.1) is 10.2 Å². The highest BCUT2D eigenvalue weighted by Gasteiger charge is 2.40. The number of rotatable bonds is 6. The standard InChI is InChI=1S/C27H30F4N6O2S/c1-16-17(2)24(35-34-21(16)19-3-5-20(28)6-4-19)36-9-7-18(8-10-36)15-32-25(38)22-23(27(29,30)31)33-26(40-22)37-11-13-39-14-12-37/h3-6,18H,7-15H2,1-2H3,(H,32,38). The second-order valence-electron chi connectivity index (χ2n) is 10.0. The zero-order valence-electron chi connectivity index (χ0n) is 22.2. The summed E-state index contributed by atoms with van der Waals surface area (Å²) in [6, 6.07) is 6.15. The van der Waals surface area contributed by atoms with E-state index in [1.807, 2.05) is 13.8 Å². The molecular weight excluding hydrogens is 548 g/mol. The topological polar surface area (TPSA) is 83.5 Å². The Kier molecular flexibility index (Phi) is 8.22. The van der Waals surface area contributed by atoms with Gasteiger partial charge in [-0.25, -0.2) is 9.37 Å². The molecule has 0 saturated carbocycles. The SMILES string of the molecule is Cc1c(-c2ccc(F)cc2)nnc(N2CCC(CNC(=O)c3sc(N4CCOCC4)nc3C(F)(F)F)CC2)c1C. The molecule has 2 aliphatic rings. The van der Waals surface area contributed by atoms with Crippen LogP contribution in [0.2, 0.25) is 0 Å². The summed E-state index contributed by atoms with van der Waals surface area (Å²) in [4.78, 5) is 20.1. The molecule has 0 atom stereocenters. The van der Waals surface area contributed by atoms with Crippen LogP contribution >= 0.6 is 11.3 Å². The fourth-order valence-electron chi connectivity index (χ4n) is 4.99. The lowest BCUT2D eigenvalue weighted by Gasteiger charge is -2.33. The highest BCUT2D eigenvalue weighted by atomic mass is 32.1. The molecule has 5 rings (SSSR count). The minimum absolute atomic E-state index is 0.119. The van der Waals surface area contributed by atoms with Crippen LogP contribution in [0.25, 0.3) is 11.3 Å². The van der Waals surface area contributed by atoms with Crippen molar-refractivity contribution in [2.75, 3.05) is 55.7 Å². The van der Waals surface area contributed by atoms with Gasteiger partial charge in [0, 0.05) is 38.3 Å². The molecule has 1 amide bonds. The molecule has 0 radical (unpaired) electrons. The fourth-order valence-corrected chi connectivity index (χ4v) is 6.04. The van der Waals surface area contributed by atoms with E-state index in [-0.39, 0.29) is 23.4 Å². The smallest absolute Gasteiger partial charge is 0.378 e. The van der Waals surface area contributed by atoms with E-state index >= 15 is 0 Å². The zero-order chi connectivity index (χ0) is 28.4. The van der Waals surface area contributed by atoms with Crippen LogP contribution in [-0.4, -0.2) is 67.0 Å². The largest absolute Gasteiger partial charge is 0.435 e. The number of anilines is 2. The molecule has 2 aliphatic heterocycles. The molecular formula is C27H30F4N6O2S. The van der Waals surface area contributed by atoms with Crippen LogP contribution in [0.1, 0.15) is 39.3 Å². The third-order valence-corrected chi connectivity index (χ3v) is 8.57. The number of hydrogen-bond acceptors (Lipinski definition) is 8. The van der Waals surface area contributed by atoms with Gasteiger partial charge in [-0.05, 0) is 68.0 Å². The first kappa shape index (κ1) is 28.2. The van der Waals surface area contributed by atoms with Crippen molar-refractivity contribution in [3.8, 4) is 11.3 Å². The first-order valence-corrected chi connectivity index (χ1v) is 14.0. The Hall–Kier alpha value is -3.32. The molecule has 13 heteroatoms. The van der Waals surface area contributed by atoms with Gasteiger partial charge in [0.1, 0.15) is 10.7 Å². The number of thiazole rings is 1. The predicted octanol–water partition coefficient (Wildman–Crippen LogP) is 4.86. The van der Waals surface area contributed by atoms with Crippen molar-refractivity contribution >= 4 is 28.2 Å². The summed E-state index contributed by atoms with van der Waals surface area (Å²) < 4.78 is 59.6. The molecule has 1 aromatic carbocycles. The number of ether oxygens (including phenoxy) is 1. The number of carbonyl (C=O) groups is 1. The molecule has 3 aromatic rings. The third-order valence-electron chi connectivity index (χ3n) is 7.45. The normalized spacial score (nSPS) is 16.9. The summed E-state index contributed by atoms with van der Waals surface area (Å²) in [6.45, 7) is 7.27. The van der Waals surface area contributed by atoms with Gasteiger partial charge in [0.25, 0.3) is 5.91 Å². The maximum Gasteiger partial charge on any atom is 0.435 e. The third kappa shape index (κ3) is 6.04. The van der Waals surface area contributed by atoms with E-state index in [0.717, 1.165) is 46.7 Å². The Labute approximate surface area is 233 Å². The number of alkyl halides is 3. The van der Waals surface area contributed by atoms with Crippen molar-refractivity contribution < 1.29 is 27.1 Å². The average molecular weight is 579 g/mol. The summed E-state index contributed by atoms with van der Waals surface area (Å²) in [5.74, 6) is -0.164. The summed E-state index contributed by atoms with van der Waals surface area (Å²) in [5, 5.41) is 11.8. The Balaban J connectivity index is 1.20. The van der Waals surface area contributed by atoms with Crippen molar-refractivity contribution in [2.24, 2.45) is 5.92 Å². The van der Waals surface area contributed by atoms with E-state index < -0.39 is 22.7 Å². The highest BCUT2D eigenvalue weighted by Crippen LogP contribution is 2.38. The number of amides is 1. The van der Waals surface area contributed by atoms with Crippen LogP contribution in [0.4, 0.5) is 28.5 Å².